The maximum Gasteiger partial charge on any atom is 0.322 e. The molecule has 0 aromatic heterocycles. The summed E-state index contributed by atoms with van der Waals surface area (Å²) in [5.74, 6) is -0.563. The molecule has 1 atom stereocenters. The van der Waals surface area contributed by atoms with E-state index >= 15 is 0 Å². The van der Waals surface area contributed by atoms with Crippen molar-refractivity contribution in [2.45, 2.75) is 18.9 Å². The van der Waals surface area contributed by atoms with Crippen LogP contribution in [0.1, 0.15) is 22.3 Å². The van der Waals surface area contributed by atoms with Gasteiger partial charge in [0.15, 0.2) is 0 Å². The molecule has 7 heteroatoms. The number of rotatable bonds is 1. The fraction of sp³-hybridized carbons (Fsp3) is 0.357. The fourth-order valence-corrected chi connectivity index (χ4v) is 2.89. The highest BCUT2D eigenvalue weighted by atomic mass is 35.5. The lowest BCUT2D eigenvalue weighted by Crippen LogP contribution is -2.49. The van der Waals surface area contributed by atoms with Crippen LogP contribution in [0.2, 0.25) is 5.02 Å². The number of halogens is 1. The summed E-state index contributed by atoms with van der Waals surface area (Å²) in [6, 6.07) is 4.61. The Morgan fingerprint density at radius 2 is 2.14 bits per heavy atom. The lowest BCUT2D eigenvalue weighted by molar-refractivity contribution is -0.123. The predicted octanol–water partition coefficient (Wildman–Crippen LogP) is 1.07. The highest BCUT2D eigenvalue weighted by Crippen LogP contribution is 2.26. The molecule has 0 saturated carbocycles. The SMILES string of the molecule is Cc1ccc(C(=O)N2CCC3(C2)NC(=O)NC3=O)cc1Cl. The van der Waals surface area contributed by atoms with Gasteiger partial charge in [0, 0.05) is 17.1 Å². The molecule has 4 amide bonds. The maximum atomic E-state index is 12.5. The zero-order valence-corrected chi connectivity index (χ0v) is 12.2. The number of urea groups is 1. The molecular weight excluding hydrogens is 294 g/mol. The second-order valence-electron chi connectivity index (χ2n) is 5.43. The van der Waals surface area contributed by atoms with Crippen molar-refractivity contribution in [3.63, 3.8) is 0 Å². The van der Waals surface area contributed by atoms with E-state index in [4.69, 9.17) is 11.6 Å². The number of nitrogens with one attached hydrogen (secondary N) is 2. The predicted molar refractivity (Wildman–Crippen MR) is 76.1 cm³/mol. The van der Waals surface area contributed by atoms with E-state index in [-0.39, 0.29) is 18.4 Å². The van der Waals surface area contributed by atoms with Crippen LogP contribution in [-0.2, 0) is 4.79 Å². The molecular formula is C14H14ClN3O3. The van der Waals surface area contributed by atoms with Crippen LogP contribution >= 0.6 is 11.6 Å². The van der Waals surface area contributed by atoms with Crippen molar-refractivity contribution in [2.75, 3.05) is 13.1 Å². The molecule has 1 aromatic carbocycles. The molecule has 2 fully saturated rings. The van der Waals surface area contributed by atoms with Crippen molar-refractivity contribution in [2.24, 2.45) is 0 Å². The lowest BCUT2D eigenvalue weighted by atomic mass is 9.99. The Balaban J connectivity index is 1.80. The number of imide groups is 1. The van der Waals surface area contributed by atoms with E-state index in [1.54, 1.807) is 23.1 Å². The first kappa shape index (κ1) is 13.9. The van der Waals surface area contributed by atoms with E-state index in [1.807, 2.05) is 6.92 Å². The number of benzene rings is 1. The number of carbonyl (C=O) groups excluding carboxylic acids is 3. The van der Waals surface area contributed by atoms with E-state index in [1.165, 1.54) is 0 Å². The number of aryl methyl sites for hydroxylation is 1. The van der Waals surface area contributed by atoms with Crippen molar-refractivity contribution >= 4 is 29.4 Å². The average Bonchev–Trinajstić information content (AvgIpc) is 2.97. The Kier molecular flexibility index (Phi) is 3.13. The van der Waals surface area contributed by atoms with Gasteiger partial charge in [-0.05, 0) is 31.0 Å². The van der Waals surface area contributed by atoms with Crippen LogP contribution in [0.15, 0.2) is 18.2 Å². The minimum Gasteiger partial charge on any atom is -0.336 e. The molecule has 3 rings (SSSR count). The Bertz CT molecular complexity index is 661. The second kappa shape index (κ2) is 4.73. The molecule has 1 aromatic rings. The Morgan fingerprint density at radius 1 is 1.38 bits per heavy atom. The molecule has 2 aliphatic rings. The Labute approximate surface area is 126 Å². The third-order valence-corrected chi connectivity index (χ3v) is 4.40. The van der Waals surface area contributed by atoms with Gasteiger partial charge < -0.3 is 10.2 Å². The van der Waals surface area contributed by atoms with Crippen LogP contribution in [0.4, 0.5) is 4.79 Å². The summed E-state index contributed by atoms with van der Waals surface area (Å²) in [6.07, 6.45) is 0.413. The fourth-order valence-electron chi connectivity index (χ4n) is 2.71. The third-order valence-electron chi connectivity index (χ3n) is 3.99. The van der Waals surface area contributed by atoms with Crippen molar-refractivity contribution < 1.29 is 14.4 Å². The molecule has 0 bridgehead atoms. The van der Waals surface area contributed by atoms with Crippen LogP contribution in [-0.4, -0.2) is 41.4 Å². The summed E-state index contributed by atoms with van der Waals surface area (Å²) < 4.78 is 0. The first-order chi connectivity index (χ1) is 9.91. The summed E-state index contributed by atoms with van der Waals surface area (Å²) in [4.78, 5) is 37.2. The second-order valence-corrected chi connectivity index (χ2v) is 5.84. The monoisotopic (exact) mass is 307 g/mol. The van der Waals surface area contributed by atoms with Crippen LogP contribution in [0.25, 0.3) is 0 Å². The number of likely N-dealkylation sites (tertiary alicyclic amines) is 1. The number of hydrogen-bond acceptors (Lipinski definition) is 3. The van der Waals surface area contributed by atoms with E-state index in [2.05, 4.69) is 10.6 Å². The molecule has 6 nitrogen and oxygen atoms in total. The minimum atomic E-state index is -0.985. The quantitative estimate of drug-likeness (QED) is 0.762. The molecule has 0 aliphatic carbocycles. The van der Waals surface area contributed by atoms with Crippen LogP contribution in [0, 0.1) is 6.92 Å². The summed E-state index contributed by atoms with van der Waals surface area (Å²) >= 11 is 6.04. The molecule has 1 unspecified atom stereocenters. The number of nitrogens with zero attached hydrogens (tertiary/aromatic N) is 1. The van der Waals surface area contributed by atoms with Crippen molar-refractivity contribution in [3.05, 3.63) is 34.3 Å². The van der Waals surface area contributed by atoms with Gasteiger partial charge in [0.25, 0.3) is 11.8 Å². The topological polar surface area (TPSA) is 78.5 Å². The van der Waals surface area contributed by atoms with E-state index in [0.717, 1.165) is 5.56 Å². The van der Waals surface area contributed by atoms with Gasteiger partial charge >= 0.3 is 6.03 Å². The summed E-state index contributed by atoms with van der Waals surface area (Å²) in [6.45, 7) is 2.45. The van der Waals surface area contributed by atoms with Gasteiger partial charge in [-0.3, -0.25) is 14.9 Å². The van der Waals surface area contributed by atoms with Crippen molar-refractivity contribution in [1.29, 1.82) is 0 Å². The van der Waals surface area contributed by atoms with Gasteiger partial charge in [-0.1, -0.05) is 17.7 Å². The lowest BCUT2D eigenvalue weighted by Gasteiger charge is -2.21. The number of hydrogen-bond donors (Lipinski definition) is 2. The Hall–Kier alpha value is -2.08. The molecule has 21 heavy (non-hydrogen) atoms. The summed E-state index contributed by atoms with van der Waals surface area (Å²) in [5.41, 5.74) is 0.391. The molecule has 0 radical (unpaired) electrons. The van der Waals surface area contributed by atoms with E-state index in [9.17, 15) is 14.4 Å². The Morgan fingerprint density at radius 3 is 2.76 bits per heavy atom. The molecule has 2 aliphatic heterocycles. The molecule has 2 heterocycles. The van der Waals surface area contributed by atoms with Crippen LogP contribution < -0.4 is 10.6 Å². The first-order valence-corrected chi connectivity index (χ1v) is 6.98. The highest BCUT2D eigenvalue weighted by molar-refractivity contribution is 6.31. The zero-order valence-electron chi connectivity index (χ0n) is 11.4. The number of carbonyl (C=O) groups is 3. The number of amides is 4. The van der Waals surface area contributed by atoms with Gasteiger partial charge in [-0.25, -0.2) is 4.79 Å². The smallest absolute Gasteiger partial charge is 0.322 e. The summed E-state index contributed by atoms with van der Waals surface area (Å²) in [7, 11) is 0. The minimum absolute atomic E-state index is 0.175. The third kappa shape index (κ3) is 2.25. The normalized spacial score (nSPS) is 24.4. The molecule has 2 N–H and O–H groups in total. The van der Waals surface area contributed by atoms with Gasteiger partial charge in [0.1, 0.15) is 5.54 Å². The molecule has 1 spiro atoms. The van der Waals surface area contributed by atoms with E-state index < -0.39 is 11.6 Å². The maximum absolute atomic E-state index is 12.5. The standard InChI is InChI=1S/C14H14ClN3O3/c1-8-2-3-9(6-10(8)15)11(19)18-5-4-14(7-18)12(20)16-13(21)17-14/h2-3,6H,4-5,7H2,1H3,(H2,16,17,20,21). The molecule has 2 saturated heterocycles. The van der Waals surface area contributed by atoms with Crippen molar-refractivity contribution in [1.82, 2.24) is 15.5 Å². The van der Waals surface area contributed by atoms with Crippen LogP contribution in [0.5, 0.6) is 0 Å². The van der Waals surface area contributed by atoms with Gasteiger partial charge in [-0.2, -0.15) is 0 Å². The largest absolute Gasteiger partial charge is 0.336 e. The van der Waals surface area contributed by atoms with E-state index in [0.29, 0.717) is 23.6 Å². The zero-order chi connectivity index (χ0) is 15.2. The van der Waals surface area contributed by atoms with Crippen LogP contribution in [0.3, 0.4) is 0 Å². The molecule has 110 valence electrons. The highest BCUT2D eigenvalue weighted by Gasteiger charge is 2.51. The van der Waals surface area contributed by atoms with Gasteiger partial charge in [0.2, 0.25) is 0 Å². The summed E-state index contributed by atoms with van der Waals surface area (Å²) in [5, 5.41) is 5.36. The van der Waals surface area contributed by atoms with Crippen molar-refractivity contribution in [3.8, 4) is 0 Å². The van der Waals surface area contributed by atoms with Gasteiger partial charge in [0.05, 0.1) is 6.54 Å². The average molecular weight is 308 g/mol. The first-order valence-electron chi connectivity index (χ1n) is 6.60. The van der Waals surface area contributed by atoms with Gasteiger partial charge in [-0.15, -0.1) is 0 Å².